The molecule has 18 heavy (non-hydrogen) atoms. The third kappa shape index (κ3) is 5.01. The average Bonchev–Trinajstić information content (AvgIpc) is 2.36. The SMILES string of the molecule is CSCCN(C)Cc1ccc(C(C)N(C)C)cc1. The molecule has 3 heteroatoms. The van der Waals surface area contributed by atoms with Crippen LogP contribution in [0.1, 0.15) is 24.1 Å². The summed E-state index contributed by atoms with van der Waals surface area (Å²) < 4.78 is 0. The zero-order valence-corrected chi connectivity index (χ0v) is 13.1. The highest BCUT2D eigenvalue weighted by atomic mass is 32.2. The summed E-state index contributed by atoms with van der Waals surface area (Å²) in [4.78, 5) is 4.61. The Labute approximate surface area is 116 Å². The van der Waals surface area contributed by atoms with Gasteiger partial charge in [-0.3, -0.25) is 0 Å². The van der Waals surface area contributed by atoms with E-state index in [0.717, 1.165) is 13.1 Å². The van der Waals surface area contributed by atoms with Crippen molar-refractivity contribution in [3.63, 3.8) is 0 Å². The predicted octanol–water partition coefficient (Wildman–Crippen LogP) is 3.10. The Hall–Kier alpha value is -0.510. The van der Waals surface area contributed by atoms with Gasteiger partial charge < -0.3 is 9.80 Å². The van der Waals surface area contributed by atoms with Gasteiger partial charge in [-0.05, 0) is 45.4 Å². The highest BCUT2D eigenvalue weighted by molar-refractivity contribution is 7.98. The maximum Gasteiger partial charge on any atom is 0.0313 e. The maximum atomic E-state index is 2.38. The number of thioether (sulfide) groups is 1. The van der Waals surface area contributed by atoms with E-state index in [9.17, 15) is 0 Å². The fourth-order valence-corrected chi connectivity index (χ4v) is 2.33. The molecule has 0 spiro atoms. The summed E-state index contributed by atoms with van der Waals surface area (Å²) in [6.07, 6.45) is 2.16. The third-order valence-corrected chi connectivity index (χ3v) is 3.96. The fraction of sp³-hybridized carbons (Fsp3) is 0.600. The van der Waals surface area contributed by atoms with Crippen molar-refractivity contribution in [2.45, 2.75) is 19.5 Å². The van der Waals surface area contributed by atoms with Crippen molar-refractivity contribution in [2.24, 2.45) is 0 Å². The van der Waals surface area contributed by atoms with Crippen LogP contribution in [-0.2, 0) is 6.54 Å². The molecule has 0 N–H and O–H groups in total. The first-order chi connectivity index (χ1) is 8.54. The van der Waals surface area contributed by atoms with Gasteiger partial charge in [-0.2, -0.15) is 11.8 Å². The number of hydrogen-bond acceptors (Lipinski definition) is 3. The Balaban J connectivity index is 2.55. The molecule has 0 aliphatic carbocycles. The molecule has 0 saturated heterocycles. The molecule has 0 heterocycles. The summed E-state index contributed by atoms with van der Waals surface area (Å²) in [5, 5.41) is 0. The lowest BCUT2D eigenvalue weighted by atomic mass is 10.1. The minimum absolute atomic E-state index is 0.480. The number of benzene rings is 1. The molecule has 1 unspecified atom stereocenters. The second kappa shape index (κ2) is 7.82. The van der Waals surface area contributed by atoms with Crippen LogP contribution in [-0.4, -0.2) is 49.5 Å². The first-order valence-corrected chi connectivity index (χ1v) is 7.86. The molecular weight excluding hydrogens is 240 g/mol. The summed E-state index contributed by atoms with van der Waals surface area (Å²) in [5.74, 6) is 1.20. The van der Waals surface area contributed by atoms with Crippen molar-refractivity contribution < 1.29 is 0 Å². The minimum Gasteiger partial charge on any atom is -0.303 e. The fourth-order valence-electron chi connectivity index (χ4n) is 1.84. The quantitative estimate of drug-likeness (QED) is 0.749. The van der Waals surface area contributed by atoms with Gasteiger partial charge >= 0.3 is 0 Å². The van der Waals surface area contributed by atoms with Crippen LogP contribution in [0.4, 0.5) is 0 Å². The number of hydrogen-bond donors (Lipinski definition) is 0. The van der Waals surface area contributed by atoms with Gasteiger partial charge in [0.05, 0.1) is 0 Å². The molecule has 1 rings (SSSR count). The van der Waals surface area contributed by atoms with Crippen LogP contribution in [0.15, 0.2) is 24.3 Å². The molecule has 0 radical (unpaired) electrons. The smallest absolute Gasteiger partial charge is 0.0313 e. The van der Waals surface area contributed by atoms with Crippen LogP contribution >= 0.6 is 11.8 Å². The van der Waals surface area contributed by atoms with Crippen molar-refractivity contribution >= 4 is 11.8 Å². The Morgan fingerprint density at radius 2 is 1.72 bits per heavy atom. The molecule has 0 bridgehead atoms. The van der Waals surface area contributed by atoms with Crippen LogP contribution in [0.25, 0.3) is 0 Å². The second-order valence-electron chi connectivity index (χ2n) is 5.11. The molecular formula is C15H26N2S. The highest BCUT2D eigenvalue weighted by Gasteiger charge is 2.07. The Bertz CT molecular complexity index is 335. The summed E-state index contributed by atoms with van der Waals surface area (Å²) in [5.41, 5.74) is 2.78. The van der Waals surface area contributed by atoms with E-state index in [1.165, 1.54) is 16.9 Å². The van der Waals surface area contributed by atoms with E-state index in [-0.39, 0.29) is 0 Å². The monoisotopic (exact) mass is 266 g/mol. The van der Waals surface area contributed by atoms with Crippen molar-refractivity contribution in [2.75, 3.05) is 39.7 Å². The summed E-state index contributed by atoms with van der Waals surface area (Å²) in [6.45, 7) is 4.42. The third-order valence-electron chi connectivity index (χ3n) is 3.37. The Kier molecular flexibility index (Phi) is 6.76. The van der Waals surface area contributed by atoms with Gasteiger partial charge in [-0.1, -0.05) is 24.3 Å². The van der Waals surface area contributed by atoms with Crippen LogP contribution in [0, 0.1) is 0 Å². The minimum atomic E-state index is 0.480. The molecule has 2 nitrogen and oxygen atoms in total. The first kappa shape index (κ1) is 15.5. The summed E-state index contributed by atoms with van der Waals surface area (Å²) in [6, 6.07) is 9.49. The highest BCUT2D eigenvalue weighted by Crippen LogP contribution is 2.18. The van der Waals surface area contributed by atoms with Crippen LogP contribution in [0.2, 0.25) is 0 Å². The van der Waals surface area contributed by atoms with Gasteiger partial charge in [-0.25, -0.2) is 0 Å². The zero-order valence-electron chi connectivity index (χ0n) is 12.3. The average molecular weight is 266 g/mol. The van der Waals surface area contributed by atoms with Gasteiger partial charge in [0.1, 0.15) is 0 Å². The van der Waals surface area contributed by atoms with Gasteiger partial charge in [0.25, 0.3) is 0 Å². The van der Waals surface area contributed by atoms with E-state index in [1.54, 1.807) is 0 Å². The van der Waals surface area contributed by atoms with Crippen LogP contribution in [0.3, 0.4) is 0 Å². The van der Waals surface area contributed by atoms with Crippen molar-refractivity contribution in [3.8, 4) is 0 Å². The van der Waals surface area contributed by atoms with E-state index < -0.39 is 0 Å². The molecule has 0 aromatic heterocycles. The lowest BCUT2D eigenvalue weighted by Gasteiger charge is -2.21. The van der Waals surface area contributed by atoms with E-state index >= 15 is 0 Å². The van der Waals surface area contributed by atoms with Crippen LogP contribution in [0.5, 0.6) is 0 Å². The number of rotatable bonds is 7. The first-order valence-electron chi connectivity index (χ1n) is 6.47. The summed E-state index contributed by atoms with van der Waals surface area (Å²) >= 11 is 1.90. The molecule has 102 valence electrons. The van der Waals surface area contributed by atoms with Gasteiger partial charge in [0.15, 0.2) is 0 Å². The Morgan fingerprint density at radius 3 is 2.22 bits per heavy atom. The van der Waals surface area contributed by atoms with E-state index in [0.29, 0.717) is 6.04 Å². The van der Waals surface area contributed by atoms with Crippen molar-refractivity contribution in [1.29, 1.82) is 0 Å². The zero-order chi connectivity index (χ0) is 13.5. The normalized spacial score (nSPS) is 13.3. The van der Waals surface area contributed by atoms with Gasteiger partial charge in [-0.15, -0.1) is 0 Å². The largest absolute Gasteiger partial charge is 0.303 e. The van der Waals surface area contributed by atoms with Gasteiger partial charge in [0, 0.05) is 24.9 Å². The molecule has 1 aromatic carbocycles. The molecule has 0 aliphatic heterocycles. The van der Waals surface area contributed by atoms with Crippen molar-refractivity contribution in [3.05, 3.63) is 35.4 Å². The van der Waals surface area contributed by atoms with E-state index in [2.05, 4.69) is 68.4 Å². The molecule has 0 fully saturated rings. The van der Waals surface area contributed by atoms with E-state index in [1.807, 2.05) is 11.8 Å². The van der Waals surface area contributed by atoms with Crippen molar-refractivity contribution in [1.82, 2.24) is 9.80 Å². The second-order valence-corrected chi connectivity index (χ2v) is 6.10. The molecule has 0 saturated carbocycles. The number of nitrogens with zero attached hydrogens (tertiary/aromatic N) is 2. The van der Waals surface area contributed by atoms with Crippen LogP contribution < -0.4 is 0 Å². The topological polar surface area (TPSA) is 6.48 Å². The standard InChI is InChI=1S/C15H26N2S/c1-13(16(2)3)15-8-6-14(7-9-15)12-17(4)10-11-18-5/h6-9,13H,10-12H2,1-5H3. The molecule has 0 amide bonds. The molecule has 1 aromatic rings. The Morgan fingerprint density at radius 1 is 1.11 bits per heavy atom. The molecule has 1 atom stereocenters. The predicted molar refractivity (Wildman–Crippen MR) is 83.3 cm³/mol. The molecule has 0 aliphatic rings. The maximum absolute atomic E-state index is 2.38. The van der Waals surface area contributed by atoms with Gasteiger partial charge in [0.2, 0.25) is 0 Å². The van der Waals surface area contributed by atoms with E-state index in [4.69, 9.17) is 0 Å². The summed E-state index contributed by atoms with van der Waals surface area (Å²) in [7, 11) is 6.43. The lowest BCUT2D eigenvalue weighted by molar-refractivity contribution is 0.320. The lowest BCUT2D eigenvalue weighted by Crippen LogP contribution is -2.20.